The Morgan fingerprint density at radius 2 is 2.21 bits per heavy atom. The number of guanidine groups is 1. The highest BCUT2D eigenvalue weighted by Crippen LogP contribution is 2.49. The fraction of sp³-hybridized carbons (Fsp3) is 0.947. The van der Waals surface area contributed by atoms with Gasteiger partial charge in [0.1, 0.15) is 0 Å². The summed E-state index contributed by atoms with van der Waals surface area (Å²) in [5, 5.41) is 16.2. The van der Waals surface area contributed by atoms with Crippen LogP contribution in [0, 0.1) is 23.2 Å². The molecule has 5 nitrogen and oxygen atoms in total. The smallest absolute Gasteiger partial charge is 0.191 e. The molecular formula is C19H35N3O2. The molecule has 4 unspecified atom stereocenters. The van der Waals surface area contributed by atoms with E-state index in [-0.39, 0.29) is 12.0 Å². The largest absolute Gasteiger partial charge is 0.396 e. The Kier molecular flexibility index (Phi) is 6.39. The Labute approximate surface area is 146 Å². The quantitative estimate of drug-likeness (QED) is 0.469. The number of aliphatic imine (C=N–C) groups is 1. The van der Waals surface area contributed by atoms with Gasteiger partial charge in [0.2, 0.25) is 0 Å². The van der Waals surface area contributed by atoms with Crippen molar-refractivity contribution in [2.24, 2.45) is 28.2 Å². The molecule has 1 saturated heterocycles. The molecule has 24 heavy (non-hydrogen) atoms. The maximum atomic E-state index is 9.34. The third-order valence-electron chi connectivity index (χ3n) is 6.44. The van der Waals surface area contributed by atoms with Gasteiger partial charge in [-0.1, -0.05) is 6.42 Å². The predicted octanol–water partition coefficient (Wildman–Crippen LogP) is 2.16. The number of aliphatic hydroxyl groups is 1. The van der Waals surface area contributed by atoms with Crippen molar-refractivity contribution in [2.45, 2.75) is 51.9 Å². The molecule has 2 aliphatic carbocycles. The summed E-state index contributed by atoms with van der Waals surface area (Å²) in [6.45, 7) is 6.47. The molecule has 0 amide bonds. The van der Waals surface area contributed by atoms with Gasteiger partial charge in [-0.2, -0.15) is 0 Å². The normalized spacial score (nSPS) is 35.6. The summed E-state index contributed by atoms with van der Waals surface area (Å²) in [5.41, 5.74) is 0.0295. The molecule has 2 bridgehead atoms. The van der Waals surface area contributed by atoms with Gasteiger partial charge >= 0.3 is 0 Å². The number of rotatable bonds is 8. The van der Waals surface area contributed by atoms with Crippen molar-refractivity contribution >= 4 is 5.96 Å². The van der Waals surface area contributed by atoms with Crippen molar-refractivity contribution < 1.29 is 9.84 Å². The van der Waals surface area contributed by atoms with E-state index in [4.69, 9.17) is 9.73 Å². The SMILES string of the molecule is CCNC(=NCC1(CCO)CCOC1)NCCC1CC2CCC1C2. The van der Waals surface area contributed by atoms with Crippen LogP contribution in [-0.2, 0) is 4.74 Å². The zero-order chi connectivity index (χ0) is 16.8. The number of aliphatic hydroxyl groups excluding tert-OH is 1. The number of nitrogens with one attached hydrogen (secondary N) is 2. The van der Waals surface area contributed by atoms with Gasteiger partial charge in [-0.3, -0.25) is 4.99 Å². The summed E-state index contributed by atoms with van der Waals surface area (Å²) >= 11 is 0. The van der Waals surface area contributed by atoms with Gasteiger partial charge in [-0.15, -0.1) is 0 Å². The van der Waals surface area contributed by atoms with Crippen LogP contribution in [0.4, 0.5) is 0 Å². The minimum absolute atomic E-state index is 0.0295. The van der Waals surface area contributed by atoms with Gasteiger partial charge < -0.3 is 20.5 Å². The number of hydrogen-bond acceptors (Lipinski definition) is 3. The van der Waals surface area contributed by atoms with Crippen molar-refractivity contribution in [3.63, 3.8) is 0 Å². The molecule has 4 atom stereocenters. The van der Waals surface area contributed by atoms with Crippen LogP contribution in [0.25, 0.3) is 0 Å². The van der Waals surface area contributed by atoms with Crippen LogP contribution in [0.3, 0.4) is 0 Å². The van der Waals surface area contributed by atoms with Crippen LogP contribution in [-0.4, -0.2) is 50.5 Å². The molecule has 0 aromatic rings. The van der Waals surface area contributed by atoms with Crippen LogP contribution in [0.15, 0.2) is 4.99 Å². The van der Waals surface area contributed by atoms with Gasteiger partial charge in [0.15, 0.2) is 5.96 Å². The average molecular weight is 338 g/mol. The second kappa shape index (κ2) is 8.52. The first-order chi connectivity index (χ1) is 11.7. The molecule has 5 heteroatoms. The van der Waals surface area contributed by atoms with Crippen LogP contribution in [0.5, 0.6) is 0 Å². The number of fused-ring (bicyclic) bond motifs is 2. The van der Waals surface area contributed by atoms with E-state index in [0.29, 0.717) is 0 Å². The lowest BCUT2D eigenvalue weighted by molar-refractivity contribution is 0.131. The highest BCUT2D eigenvalue weighted by atomic mass is 16.5. The van der Waals surface area contributed by atoms with E-state index in [0.717, 1.165) is 69.4 Å². The maximum Gasteiger partial charge on any atom is 0.191 e. The minimum Gasteiger partial charge on any atom is -0.396 e. The molecule has 3 aliphatic rings. The molecule has 3 N–H and O–H groups in total. The van der Waals surface area contributed by atoms with E-state index in [1.54, 1.807) is 0 Å². The van der Waals surface area contributed by atoms with Crippen LogP contribution in [0.1, 0.15) is 51.9 Å². The summed E-state index contributed by atoms with van der Waals surface area (Å²) in [5.74, 6) is 3.88. The van der Waals surface area contributed by atoms with Crippen LogP contribution < -0.4 is 10.6 Å². The first-order valence-corrected chi connectivity index (χ1v) is 9.95. The second-order valence-electron chi connectivity index (χ2n) is 8.12. The van der Waals surface area contributed by atoms with Crippen molar-refractivity contribution in [1.29, 1.82) is 0 Å². The molecule has 1 heterocycles. The summed E-state index contributed by atoms with van der Waals surface area (Å²) in [7, 11) is 0. The topological polar surface area (TPSA) is 65.9 Å². The Balaban J connectivity index is 1.46. The van der Waals surface area contributed by atoms with Crippen LogP contribution >= 0.6 is 0 Å². The number of nitrogens with zero attached hydrogens (tertiary/aromatic N) is 1. The number of ether oxygens (including phenoxy) is 1. The van der Waals surface area contributed by atoms with Crippen molar-refractivity contribution in [3.05, 3.63) is 0 Å². The Morgan fingerprint density at radius 3 is 2.83 bits per heavy atom. The lowest BCUT2D eigenvalue weighted by Crippen LogP contribution is -2.40. The van der Waals surface area contributed by atoms with E-state index in [9.17, 15) is 5.11 Å². The summed E-state index contributed by atoms with van der Waals surface area (Å²) in [6.07, 6.45) is 8.94. The molecule has 0 radical (unpaired) electrons. The summed E-state index contributed by atoms with van der Waals surface area (Å²) < 4.78 is 5.56. The molecule has 3 rings (SSSR count). The van der Waals surface area contributed by atoms with Crippen LogP contribution in [0.2, 0.25) is 0 Å². The fourth-order valence-corrected chi connectivity index (χ4v) is 4.98. The second-order valence-corrected chi connectivity index (χ2v) is 8.12. The first kappa shape index (κ1) is 18.0. The third kappa shape index (κ3) is 4.42. The molecular weight excluding hydrogens is 302 g/mol. The first-order valence-electron chi connectivity index (χ1n) is 9.95. The highest BCUT2D eigenvalue weighted by molar-refractivity contribution is 5.79. The molecule has 2 saturated carbocycles. The van der Waals surface area contributed by atoms with E-state index < -0.39 is 0 Å². The van der Waals surface area contributed by atoms with Gasteiger partial charge in [-0.25, -0.2) is 0 Å². The molecule has 138 valence electrons. The van der Waals surface area contributed by atoms with Crippen molar-refractivity contribution in [1.82, 2.24) is 10.6 Å². The Hall–Kier alpha value is -0.810. The predicted molar refractivity (Wildman–Crippen MR) is 97.1 cm³/mol. The van der Waals surface area contributed by atoms with Gasteiger partial charge in [0.25, 0.3) is 0 Å². The molecule has 3 fully saturated rings. The zero-order valence-electron chi connectivity index (χ0n) is 15.2. The Bertz CT molecular complexity index is 421. The highest BCUT2D eigenvalue weighted by Gasteiger charge is 2.39. The fourth-order valence-electron chi connectivity index (χ4n) is 4.98. The summed E-state index contributed by atoms with van der Waals surface area (Å²) in [4.78, 5) is 4.80. The summed E-state index contributed by atoms with van der Waals surface area (Å²) in [6, 6.07) is 0. The van der Waals surface area contributed by atoms with E-state index in [1.807, 2.05) is 0 Å². The average Bonchev–Trinajstić information content (AvgIpc) is 3.30. The lowest BCUT2D eigenvalue weighted by atomic mass is 9.84. The van der Waals surface area contributed by atoms with Crippen molar-refractivity contribution in [3.8, 4) is 0 Å². The van der Waals surface area contributed by atoms with E-state index in [2.05, 4.69) is 17.6 Å². The monoisotopic (exact) mass is 337 g/mol. The Morgan fingerprint density at radius 1 is 1.29 bits per heavy atom. The van der Waals surface area contributed by atoms with Gasteiger partial charge in [0.05, 0.1) is 13.2 Å². The molecule has 0 aromatic heterocycles. The van der Waals surface area contributed by atoms with E-state index >= 15 is 0 Å². The van der Waals surface area contributed by atoms with Crippen molar-refractivity contribution in [2.75, 3.05) is 39.5 Å². The minimum atomic E-state index is 0.0295. The maximum absolute atomic E-state index is 9.34. The van der Waals surface area contributed by atoms with Gasteiger partial charge in [0, 0.05) is 31.7 Å². The number of hydrogen-bond donors (Lipinski definition) is 3. The standard InChI is InChI=1S/C19H35N3O2/c1-2-20-18(22-13-19(6-9-23)7-10-24-14-19)21-8-5-17-12-15-3-4-16(17)11-15/h15-17,23H,2-14H2,1H3,(H2,20,21,22). The lowest BCUT2D eigenvalue weighted by Gasteiger charge is -2.25. The van der Waals surface area contributed by atoms with E-state index in [1.165, 1.54) is 32.1 Å². The van der Waals surface area contributed by atoms with Gasteiger partial charge in [-0.05, 0) is 63.2 Å². The molecule has 1 aliphatic heterocycles. The zero-order valence-corrected chi connectivity index (χ0v) is 15.2. The molecule has 0 spiro atoms. The molecule has 0 aromatic carbocycles. The third-order valence-corrected chi connectivity index (χ3v) is 6.44.